The Labute approximate surface area is 86.6 Å². The van der Waals surface area contributed by atoms with E-state index in [4.69, 9.17) is 19.0 Å². The number of hydrogen-bond acceptors (Lipinski definition) is 4. The molecule has 4 nitrogen and oxygen atoms in total. The molecule has 80 valence electrons. The summed E-state index contributed by atoms with van der Waals surface area (Å²) in [6.45, 7) is 0. The monoisotopic (exact) mass is 215 g/mol. The highest BCUT2D eigenvalue weighted by atomic mass is 28.3. The Balaban J connectivity index is 0.000000241. The molecule has 0 fully saturated rings. The lowest BCUT2D eigenvalue weighted by Gasteiger charge is -2.05. The number of rotatable bonds is 3. The van der Waals surface area contributed by atoms with Crippen molar-refractivity contribution in [3.05, 3.63) is 30.3 Å². The molecule has 0 atom stereocenters. The van der Waals surface area contributed by atoms with Crippen LogP contribution in [0.4, 0.5) is 5.69 Å². The lowest BCUT2D eigenvalue weighted by Crippen LogP contribution is -2.21. The zero-order valence-corrected chi connectivity index (χ0v) is 9.92. The maximum Gasteiger partial charge on any atom is 0.483 e. The summed E-state index contributed by atoms with van der Waals surface area (Å²) in [7, 11) is 3.05. The Bertz CT molecular complexity index is 211. The van der Waals surface area contributed by atoms with Gasteiger partial charge >= 0.3 is 9.53 Å². The molecule has 0 spiro atoms. The third-order valence-electron chi connectivity index (χ3n) is 1.38. The van der Waals surface area contributed by atoms with Crippen LogP contribution in [0.3, 0.4) is 0 Å². The second-order valence-corrected chi connectivity index (χ2v) is 4.40. The van der Waals surface area contributed by atoms with Gasteiger partial charge in [0.05, 0.1) is 0 Å². The number of anilines is 1. The minimum atomic E-state index is -1.67. The van der Waals surface area contributed by atoms with Crippen LogP contribution in [-0.4, -0.2) is 30.9 Å². The van der Waals surface area contributed by atoms with Crippen molar-refractivity contribution in [1.29, 1.82) is 0 Å². The summed E-state index contributed by atoms with van der Waals surface area (Å²) in [4.78, 5) is 0. The molecule has 1 aromatic rings. The van der Waals surface area contributed by atoms with Crippen LogP contribution < -0.4 is 5.73 Å². The van der Waals surface area contributed by atoms with E-state index in [1.807, 2.05) is 30.3 Å². The van der Waals surface area contributed by atoms with Crippen LogP contribution in [0.15, 0.2) is 30.3 Å². The van der Waals surface area contributed by atoms with Crippen molar-refractivity contribution < 1.29 is 13.3 Å². The molecule has 0 amide bonds. The lowest BCUT2D eigenvalue weighted by atomic mass is 10.3. The summed E-state index contributed by atoms with van der Waals surface area (Å²) in [6, 6.07) is 9.49. The van der Waals surface area contributed by atoms with E-state index in [0.29, 0.717) is 0 Å². The van der Waals surface area contributed by atoms with E-state index in [2.05, 4.69) is 0 Å². The maximum absolute atomic E-state index is 5.36. The van der Waals surface area contributed by atoms with E-state index >= 15 is 0 Å². The minimum Gasteiger partial charge on any atom is -0.399 e. The first kappa shape index (κ1) is 13.1. The first-order valence-corrected chi connectivity index (χ1v) is 5.55. The largest absolute Gasteiger partial charge is 0.483 e. The van der Waals surface area contributed by atoms with E-state index in [0.717, 1.165) is 5.69 Å². The summed E-state index contributed by atoms with van der Waals surface area (Å²) >= 11 is 0. The molecular weight excluding hydrogens is 198 g/mol. The van der Waals surface area contributed by atoms with Gasteiger partial charge in [-0.2, -0.15) is 0 Å². The summed E-state index contributed by atoms with van der Waals surface area (Å²) in [5.41, 5.74) is 6.18. The van der Waals surface area contributed by atoms with Gasteiger partial charge in [-0.25, -0.2) is 0 Å². The number of hydrogen-bond donors (Lipinski definition) is 1. The molecule has 0 heterocycles. The fourth-order valence-electron chi connectivity index (χ4n) is 0.742. The summed E-state index contributed by atoms with van der Waals surface area (Å²) in [6.07, 6.45) is 0. The van der Waals surface area contributed by atoms with E-state index in [1.165, 1.54) is 0 Å². The highest BCUT2D eigenvalue weighted by Gasteiger charge is 2.04. The van der Waals surface area contributed by atoms with E-state index in [9.17, 15) is 0 Å². The molecule has 0 saturated heterocycles. The minimum absolute atomic E-state index is 0.822. The summed E-state index contributed by atoms with van der Waals surface area (Å²) < 4.78 is 14.2. The number of benzene rings is 1. The van der Waals surface area contributed by atoms with Gasteiger partial charge in [0.15, 0.2) is 0 Å². The van der Waals surface area contributed by atoms with Crippen molar-refractivity contribution in [3.8, 4) is 0 Å². The predicted octanol–water partition coefficient (Wildman–Crippen LogP) is 0.912. The van der Waals surface area contributed by atoms with Gasteiger partial charge in [0, 0.05) is 27.0 Å². The van der Waals surface area contributed by atoms with Crippen LogP contribution in [0.1, 0.15) is 0 Å². The van der Waals surface area contributed by atoms with Crippen LogP contribution in [0.25, 0.3) is 0 Å². The molecule has 0 aliphatic carbocycles. The molecule has 0 radical (unpaired) electrons. The van der Waals surface area contributed by atoms with Crippen molar-refractivity contribution in [2.75, 3.05) is 27.1 Å². The van der Waals surface area contributed by atoms with Crippen molar-refractivity contribution in [2.45, 2.75) is 0 Å². The van der Waals surface area contributed by atoms with E-state index < -0.39 is 9.53 Å². The first-order valence-electron chi connectivity index (χ1n) is 4.13. The Morgan fingerprint density at radius 2 is 1.36 bits per heavy atom. The molecule has 0 aromatic heterocycles. The van der Waals surface area contributed by atoms with Gasteiger partial charge in [-0.3, -0.25) is 0 Å². The van der Waals surface area contributed by atoms with Gasteiger partial charge in [0.1, 0.15) is 0 Å². The van der Waals surface area contributed by atoms with Crippen LogP contribution >= 0.6 is 0 Å². The number of nitrogen functional groups attached to an aromatic ring is 1. The van der Waals surface area contributed by atoms with Crippen molar-refractivity contribution in [3.63, 3.8) is 0 Å². The van der Waals surface area contributed by atoms with Gasteiger partial charge in [-0.15, -0.1) is 0 Å². The Morgan fingerprint density at radius 1 is 0.929 bits per heavy atom. The van der Waals surface area contributed by atoms with Crippen LogP contribution in [0.2, 0.25) is 0 Å². The van der Waals surface area contributed by atoms with Gasteiger partial charge in [0.2, 0.25) is 0 Å². The standard InChI is InChI=1S/C6H7N.C3H10O3Si/c7-6-4-2-1-3-5-6;1-4-7(5-2)6-3/h1-5H,7H2;7H,1-3H3. The maximum atomic E-state index is 5.36. The van der Waals surface area contributed by atoms with Gasteiger partial charge in [-0.05, 0) is 12.1 Å². The molecule has 2 N–H and O–H groups in total. The SMILES string of the molecule is CO[SiH](OC)OC.Nc1ccccc1. The Hall–Kier alpha value is -0.883. The fraction of sp³-hybridized carbons (Fsp3) is 0.333. The average molecular weight is 215 g/mol. The van der Waals surface area contributed by atoms with E-state index in [-0.39, 0.29) is 0 Å². The van der Waals surface area contributed by atoms with Crippen LogP contribution in [0.5, 0.6) is 0 Å². The highest BCUT2D eigenvalue weighted by Crippen LogP contribution is 1.95. The third kappa shape index (κ3) is 6.61. The van der Waals surface area contributed by atoms with Crippen LogP contribution in [0, 0.1) is 0 Å². The molecule has 0 aliphatic rings. The lowest BCUT2D eigenvalue weighted by molar-refractivity contribution is 0.163. The molecule has 0 unspecified atom stereocenters. The number of para-hydroxylation sites is 1. The van der Waals surface area contributed by atoms with Gasteiger partial charge in [-0.1, -0.05) is 18.2 Å². The smallest absolute Gasteiger partial charge is 0.399 e. The third-order valence-corrected chi connectivity index (χ3v) is 2.53. The molecule has 0 aliphatic heterocycles. The molecule has 5 heteroatoms. The number of nitrogens with two attached hydrogens (primary N) is 1. The summed E-state index contributed by atoms with van der Waals surface area (Å²) in [5, 5.41) is 0. The molecule has 0 saturated carbocycles. The molecule has 14 heavy (non-hydrogen) atoms. The normalized spacial score (nSPS) is 9.43. The Morgan fingerprint density at radius 3 is 1.50 bits per heavy atom. The zero-order chi connectivity index (χ0) is 10.8. The van der Waals surface area contributed by atoms with Crippen molar-refractivity contribution >= 4 is 15.2 Å². The summed E-state index contributed by atoms with van der Waals surface area (Å²) in [5.74, 6) is 0. The predicted molar refractivity (Wildman–Crippen MR) is 59.0 cm³/mol. The van der Waals surface area contributed by atoms with E-state index in [1.54, 1.807) is 21.3 Å². The van der Waals surface area contributed by atoms with Gasteiger partial charge < -0.3 is 19.0 Å². The second kappa shape index (κ2) is 8.70. The van der Waals surface area contributed by atoms with Gasteiger partial charge in [0.25, 0.3) is 0 Å². The highest BCUT2D eigenvalue weighted by molar-refractivity contribution is 6.36. The molecular formula is C9H17NO3Si. The molecule has 0 bridgehead atoms. The second-order valence-electron chi connectivity index (χ2n) is 2.41. The van der Waals surface area contributed by atoms with Crippen LogP contribution in [-0.2, 0) is 13.3 Å². The fourth-order valence-corrected chi connectivity index (χ4v) is 1.32. The quantitative estimate of drug-likeness (QED) is 0.601. The first-order chi connectivity index (χ1) is 6.74. The molecule has 1 rings (SSSR count). The van der Waals surface area contributed by atoms with Crippen molar-refractivity contribution in [1.82, 2.24) is 0 Å². The average Bonchev–Trinajstić information content (AvgIpc) is 2.22. The zero-order valence-electron chi connectivity index (χ0n) is 8.77. The topological polar surface area (TPSA) is 53.7 Å². The Kier molecular flexibility index (Phi) is 8.15. The molecule has 1 aromatic carbocycles. The van der Waals surface area contributed by atoms with Crippen molar-refractivity contribution in [2.24, 2.45) is 0 Å².